The summed E-state index contributed by atoms with van der Waals surface area (Å²) in [5, 5.41) is -0.0840. The summed E-state index contributed by atoms with van der Waals surface area (Å²) in [5.74, 6) is -1.31. The number of ether oxygens (including phenoxy) is 2. The summed E-state index contributed by atoms with van der Waals surface area (Å²) in [7, 11) is 0. The molecule has 0 bridgehead atoms. The minimum Gasteiger partial charge on any atom is -0.370 e. The van der Waals surface area contributed by atoms with Crippen LogP contribution in [0.1, 0.15) is 17.5 Å². The van der Waals surface area contributed by atoms with Crippen LogP contribution in [0.15, 0.2) is 0 Å². The van der Waals surface area contributed by atoms with Gasteiger partial charge in [-0.2, -0.15) is 0 Å². The van der Waals surface area contributed by atoms with Gasteiger partial charge in [-0.1, -0.05) is 23.2 Å². The number of carbonyl (C=O) groups is 2. The Kier molecular flexibility index (Phi) is 4.73. The molecule has 0 aromatic carbocycles. The highest BCUT2D eigenvalue weighted by Crippen LogP contribution is 2.23. The third kappa shape index (κ3) is 3.32. The van der Waals surface area contributed by atoms with Crippen LogP contribution in [0.25, 0.3) is 0 Å². The molecule has 1 aromatic heterocycles. The number of primary amides is 1. The summed E-state index contributed by atoms with van der Waals surface area (Å²) in [6.45, 7) is 2.11. The van der Waals surface area contributed by atoms with Gasteiger partial charge in [-0.05, 0) is 6.92 Å². The molecule has 17 heavy (non-hydrogen) atoms. The van der Waals surface area contributed by atoms with E-state index in [9.17, 15) is 9.59 Å². The quantitative estimate of drug-likeness (QED) is 0.665. The van der Waals surface area contributed by atoms with Gasteiger partial charge in [-0.25, -0.2) is 14.6 Å². The number of hydrogen-bond donors (Lipinski definition) is 1. The van der Waals surface area contributed by atoms with Crippen molar-refractivity contribution in [2.24, 2.45) is 5.73 Å². The van der Waals surface area contributed by atoms with E-state index in [4.69, 9.17) is 33.7 Å². The lowest BCUT2D eigenvalue weighted by atomic mass is 10.6. The molecule has 0 saturated carbocycles. The van der Waals surface area contributed by atoms with Gasteiger partial charge >= 0.3 is 12.1 Å². The first kappa shape index (κ1) is 13.8. The van der Waals surface area contributed by atoms with E-state index >= 15 is 0 Å². The maximum atomic E-state index is 11.4. The molecule has 0 fully saturated rings. The molecular formula is C8H9Cl2N3O4. The van der Waals surface area contributed by atoms with Crippen LogP contribution in [0, 0.1) is 0 Å². The van der Waals surface area contributed by atoms with Crippen molar-refractivity contribution in [3.8, 4) is 0 Å². The fourth-order valence-electron chi connectivity index (χ4n) is 0.997. The lowest BCUT2D eigenvalue weighted by Crippen LogP contribution is -2.22. The molecular weight excluding hydrogens is 273 g/mol. The Morgan fingerprint density at radius 2 is 2.12 bits per heavy atom. The summed E-state index contributed by atoms with van der Waals surface area (Å²) >= 11 is 11.4. The van der Waals surface area contributed by atoms with Crippen molar-refractivity contribution in [1.29, 1.82) is 0 Å². The second-order valence-electron chi connectivity index (χ2n) is 2.78. The predicted octanol–water partition coefficient (Wildman–Crippen LogP) is 1.42. The van der Waals surface area contributed by atoms with Gasteiger partial charge in [-0.3, -0.25) is 4.57 Å². The molecule has 0 unspecified atom stereocenters. The van der Waals surface area contributed by atoms with E-state index in [0.29, 0.717) is 6.61 Å². The molecule has 2 N–H and O–H groups in total. The van der Waals surface area contributed by atoms with Crippen LogP contribution in [-0.2, 0) is 16.2 Å². The summed E-state index contributed by atoms with van der Waals surface area (Å²) in [6.07, 6.45) is -1.24. The third-order valence-electron chi connectivity index (χ3n) is 1.67. The Morgan fingerprint density at radius 1 is 1.47 bits per heavy atom. The molecule has 7 nitrogen and oxygen atoms in total. The number of hydrogen-bond acceptors (Lipinski definition) is 5. The molecule has 1 amide bonds. The van der Waals surface area contributed by atoms with Crippen LogP contribution in [-0.4, -0.2) is 28.2 Å². The van der Waals surface area contributed by atoms with Crippen LogP contribution in [0.5, 0.6) is 0 Å². The lowest BCUT2D eigenvalue weighted by molar-refractivity contribution is 0.0567. The number of nitrogens with two attached hydrogens (primary N) is 1. The summed E-state index contributed by atoms with van der Waals surface area (Å²) < 4.78 is 10.4. The van der Waals surface area contributed by atoms with Crippen molar-refractivity contribution < 1.29 is 19.1 Å². The summed E-state index contributed by atoms with van der Waals surface area (Å²) in [4.78, 5) is 25.5. The van der Waals surface area contributed by atoms with Crippen molar-refractivity contribution in [2.45, 2.75) is 13.7 Å². The van der Waals surface area contributed by atoms with Crippen molar-refractivity contribution >= 4 is 35.3 Å². The number of amides is 1. The highest BCUT2D eigenvalue weighted by atomic mass is 35.5. The van der Waals surface area contributed by atoms with Gasteiger partial charge in [0.2, 0.25) is 5.82 Å². The fraction of sp³-hybridized carbons (Fsp3) is 0.375. The number of nitrogens with zero attached hydrogens (tertiary/aromatic N) is 2. The summed E-state index contributed by atoms with van der Waals surface area (Å²) in [6, 6.07) is 0. The van der Waals surface area contributed by atoms with E-state index in [-0.39, 0.29) is 22.9 Å². The SMILES string of the molecule is CCOCn1c(C(=O)OC(N)=O)nc(Cl)c1Cl. The van der Waals surface area contributed by atoms with Crippen molar-refractivity contribution in [1.82, 2.24) is 9.55 Å². The molecule has 1 heterocycles. The molecule has 0 aliphatic rings. The van der Waals surface area contributed by atoms with Crippen LogP contribution in [0.2, 0.25) is 10.3 Å². The fourth-order valence-corrected chi connectivity index (χ4v) is 1.35. The van der Waals surface area contributed by atoms with E-state index in [0.717, 1.165) is 0 Å². The highest BCUT2D eigenvalue weighted by Gasteiger charge is 2.22. The number of rotatable bonds is 4. The zero-order chi connectivity index (χ0) is 13.0. The maximum Gasteiger partial charge on any atom is 0.412 e. The third-order valence-corrected chi connectivity index (χ3v) is 2.41. The van der Waals surface area contributed by atoms with Crippen molar-refractivity contribution in [3.63, 3.8) is 0 Å². The van der Waals surface area contributed by atoms with Crippen LogP contribution < -0.4 is 5.73 Å². The molecule has 9 heteroatoms. The highest BCUT2D eigenvalue weighted by molar-refractivity contribution is 6.40. The molecule has 0 spiro atoms. The zero-order valence-electron chi connectivity index (χ0n) is 8.77. The second-order valence-corrected chi connectivity index (χ2v) is 3.49. The van der Waals surface area contributed by atoms with E-state index in [2.05, 4.69) is 9.72 Å². The Morgan fingerprint density at radius 3 is 2.65 bits per heavy atom. The zero-order valence-corrected chi connectivity index (χ0v) is 10.3. The lowest BCUT2D eigenvalue weighted by Gasteiger charge is -2.06. The minimum atomic E-state index is -1.24. The normalized spacial score (nSPS) is 10.3. The molecule has 0 aliphatic heterocycles. The average Bonchev–Trinajstić information content (AvgIpc) is 2.52. The van der Waals surface area contributed by atoms with Crippen molar-refractivity contribution in [2.75, 3.05) is 6.61 Å². The monoisotopic (exact) mass is 281 g/mol. The maximum absolute atomic E-state index is 11.4. The van der Waals surface area contributed by atoms with Crippen LogP contribution in [0.4, 0.5) is 4.79 Å². The number of aromatic nitrogens is 2. The van der Waals surface area contributed by atoms with Gasteiger partial charge in [0.05, 0.1) is 0 Å². The second kappa shape index (κ2) is 5.85. The molecule has 0 aliphatic carbocycles. The first-order valence-electron chi connectivity index (χ1n) is 4.48. The molecule has 0 radical (unpaired) electrons. The van der Waals surface area contributed by atoms with E-state index in [1.807, 2.05) is 0 Å². The predicted molar refractivity (Wildman–Crippen MR) is 58.9 cm³/mol. The van der Waals surface area contributed by atoms with Gasteiger partial charge in [0.1, 0.15) is 11.9 Å². The topological polar surface area (TPSA) is 96.4 Å². The smallest absolute Gasteiger partial charge is 0.370 e. The Labute approximate surface area is 106 Å². The standard InChI is InChI=1S/C8H9Cl2N3O4/c1-2-16-3-13-5(10)4(9)12-6(13)7(14)17-8(11)15/h2-3H2,1H3,(H2,11,15). The first-order chi connectivity index (χ1) is 7.97. The number of esters is 1. The van der Waals surface area contributed by atoms with E-state index in [1.165, 1.54) is 4.57 Å². The van der Waals surface area contributed by atoms with Crippen LogP contribution in [0.3, 0.4) is 0 Å². The molecule has 1 rings (SSSR count). The number of halogens is 2. The van der Waals surface area contributed by atoms with Gasteiger partial charge in [0, 0.05) is 6.61 Å². The minimum absolute atomic E-state index is 0.0107. The van der Waals surface area contributed by atoms with Crippen molar-refractivity contribution in [3.05, 3.63) is 16.1 Å². The van der Waals surface area contributed by atoms with Gasteiger partial charge < -0.3 is 15.2 Å². The largest absolute Gasteiger partial charge is 0.412 e. The van der Waals surface area contributed by atoms with Gasteiger partial charge in [-0.15, -0.1) is 0 Å². The Hall–Kier alpha value is -1.31. The average molecular weight is 282 g/mol. The first-order valence-corrected chi connectivity index (χ1v) is 5.23. The van der Waals surface area contributed by atoms with E-state index in [1.54, 1.807) is 6.92 Å². The van der Waals surface area contributed by atoms with Crippen LogP contribution >= 0.6 is 23.2 Å². The van der Waals surface area contributed by atoms with E-state index < -0.39 is 12.1 Å². The van der Waals surface area contributed by atoms with Gasteiger partial charge in [0.25, 0.3) is 0 Å². The molecule has 0 saturated heterocycles. The Balaban J connectivity index is 3.01. The summed E-state index contributed by atoms with van der Waals surface area (Å²) in [5.41, 5.74) is 4.71. The molecule has 0 atom stereocenters. The number of carbonyl (C=O) groups excluding carboxylic acids is 2. The molecule has 94 valence electrons. The van der Waals surface area contributed by atoms with Gasteiger partial charge in [0.15, 0.2) is 5.15 Å². The Bertz CT molecular complexity index is 446. The molecule has 1 aromatic rings. The number of imidazole rings is 1.